The first-order valence-electron chi connectivity index (χ1n) is 4.92. The van der Waals surface area contributed by atoms with E-state index in [1.807, 2.05) is 14.1 Å². The quantitative estimate of drug-likeness (QED) is 0.460. The van der Waals surface area contributed by atoms with Gasteiger partial charge in [0.1, 0.15) is 0 Å². The van der Waals surface area contributed by atoms with E-state index in [9.17, 15) is 0 Å². The molecule has 0 aliphatic heterocycles. The first kappa shape index (κ1) is 13.1. The van der Waals surface area contributed by atoms with Gasteiger partial charge in [0.2, 0.25) is 0 Å². The van der Waals surface area contributed by atoms with Crippen LogP contribution in [-0.4, -0.2) is 52.7 Å². The Morgan fingerprint density at radius 3 is 1.92 bits per heavy atom. The SMILES string of the molecule is CCN(N(C)C(C)C)[SiH](NC)NC. The molecule has 0 aromatic heterocycles. The van der Waals surface area contributed by atoms with Crippen molar-refractivity contribution in [1.29, 1.82) is 0 Å². The van der Waals surface area contributed by atoms with E-state index in [2.05, 4.69) is 47.5 Å². The molecule has 0 rings (SSSR count). The number of nitrogens with zero attached hydrogens (tertiary/aromatic N) is 2. The van der Waals surface area contributed by atoms with Gasteiger partial charge in [-0.05, 0) is 27.9 Å². The summed E-state index contributed by atoms with van der Waals surface area (Å²) in [6.45, 7) is 7.65. The molecule has 0 heterocycles. The summed E-state index contributed by atoms with van der Waals surface area (Å²) in [6.07, 6.45) is 0. The summed E-state index contributed by atoms with van der Waals surface area (Å²) in [7, 11) is 5.02. The molecule has 0 aromatic rings. The first-order valence-corrected chi connectivity index (χ1v) is 6.59. The Morgan fingerprint density at radius 2 is 1.69 bits per heavy atom. The standard InChI is InChI=1S/C8H24N4Si/c1-7-12(11(6)8(2)3)13(9-4)10-5/h8-10,13H,7H2,1-6H3. The zero-order valence-corrected chi connectivity index (χ0v) is 10.9. The third-order valence-corrected chi connectivity index (χ3v) is 4.74. The van der Waals surface area contributed by atoms with Crippen molar-refractivity contribution in [2.75, 3.05) is 27.7 Å². The molecular weight excluding hydrogens is 180 g/mol. The summed E-state index contributed by atoms with van der Waals surface area (Å²) in [4.78, 5) is 6.70. The van der Waals surface area contributed by atoms with E-state index < -0.39 is 9.28 Å². The number of nitrogens with one attached hydrogen (secondary N) is 2. The molecule has 0 spiro atoms. The molecule has 0 saturated carbocycles. The maximum absolute atomic E-state index is 3.35. The molecule has 5 heteroatoms. The predicted molar refractivity (Wildman–Crippen MR) is 60.5 cm³/mol. The van der Waals surface area contributed by atoms with E-state index in [0.717, 1.165) is 6.54 Å². The van der Waals surface area contributed by atoms with Crippen molar-refractivity contribution in [2.45, 2.75) is 26.8 Å². The maximum Gasteiger partial charge on any atom is 0.280 e. The molecule has 0 aliphatic carbocycles. The van der Waals surface area contributed by atoms with E-state index in [1.54, 1.807) is 0 Å². The van der Waals surface area contributed by atoms with Crippen LogP contribution in [0.5, 0.6) is 0 Å². The van der Waals surface area contributed by atoms with Crippen molar-refractivity contribution >= 4 is 9.28 Å². The highest BCUT2D eigenvalue weighted by Gasteiger charge is 2.21. The Balaban J connectivity index is 4.29. The summed E-state index contributed by atoms with van der Waals surface area (Å²) in [6, 6.07) is 0.552. The normalized spacial score (nSPS) is 12.5. The molecule has 0 saturated heterocycles. The maximum atomic E-state index is 3.35. The Labute approximate surface area is 84.1 Å². The lowest BCUT2D eigenvalue weighted by Gasteiger charge is -2.38. The Morgan fingerprint density at radius 1 is 1.23 bits per heavy atom. The fourth-order valence-corrected chi connectivity index (χ4v) is 3.21. The minimum Gasteiger partial charge on any atom is -0.318 e. The molecule has 13 heavy (non-hydrogen) atoms. The lowest BCUT2D eigenvalue weighted by atomic mass is 10.4. The number of hydrogen-bond acceptors (Lipinski definition) is 4. The topological polar surface area (TPSA) is 30.5 Å². The van der Waals surface area contributed by atoms with Crippen molar-refractivity contribution in [3.8, 4) is 0 Å². The van der Waals surface area contributed by atoms with Crippen molar-refractivity contribution in [3.63, 3.8) is 0 Å². The number of hydrazine groups is 1. The third kappa shape index (κ3) is 3.74. The second-order valence-electron chi connectivity index (χ2n) is 3.40. The van der Waals surface area contributed by atoms with Gasteiger partial charge in [0.05, 0.1) is 0 Å². The molecule has 0 aromatic carbocycles. The largest absolute Gasteiger partial charge is 0.318 e. The molecule has 0 bridgehead atoms. The zero-order chi connectivity index (χ0) is 10.4. The van der Waals surface area contributed by atoms with E-state index in [1.165, 1.54) is 0 Å². The van der Waals surface area contributed by atoms with E-state index in [-0.39, 0.29) is 0 Å². The summed E-state index contributed by atoms with van der Waals surface area (Å²) >= 11 is 0. The smallest absolute Gasteiger partial charge is 0.280 e. The fourth-order valence-electron chi connectivity index (χ4n) is 1.33. The highest BCUT2D eigenvalue weighted by Crippen LogP contribution is 2.00. The molecule has 0 fully saturated rings. The van der Waals surface area contributed by atoms with Gasteiger partial charge < -0.3 is 9.96 Å². The molecule has 0 atom stereocenters. The average Bonchev–Trinajstić information content (AvgIpc) is 2.12. The van der Waals surface area contributed by atoms with E-state index >= 15 is 0 Å². The van der Waals surface area contributed by atoms with Gasteiger partial charge in [-0.25, -0.2) is 9.68 Å². The van der Waals surface area contributed by atoms with Crippen LogP contribution >= 0.6 is 0 Å². The molecule has 0 unspecified atom stereocenters. The van der Waals surface area contributed by atoms with Gasteiger partial charge in [-0.2, -0.15) is 0 Å². The van der Waals surface area contributed by atoms with Crippen LogP contribution in [0.4, 0.5) is 0 Å². The van der Waals surface area contributed by atoms with Crippen molar-refractivity contribution in [1.82, 2.24) is 19.6 Å². The van der Waals surface area contributed by atoms with Gasteiger partial charge in [-0.15, -0.1) is 0 Å². The van der Waals surface area contributed by atoms with Crippen LogP contribution in [0.1, 0.15) is 20.8 Å². The minimum atomic E-state index is -1.16. The van der Waals surface area contributed by atoms with Crippen LogP contribution in [0, 0.1) is 0 Å². The van der Waals surface area contributed by atoms with Crippen LogP contribution in [0.25, 0.3) is 0 Å². The lowest BCUT2D eigenvalue weighted by Crippen LogP contribution is -2.63. The molecule has 0 amide bonds. The highest BCUT2D eigenvalue weighted by atomic mass is 28.3. The number of hydrogen-bond donors (Lipinski definition) is 2. The average molecular weight is 204 g/mol. The zero-order valence-electron chi connectivity index (χ0n) is 9.76. The highest BCUT2D eigenvalue weighted by molar-refractivity contribution is 6.49. The van der Waals surface area contributed by atoms with Crippen LogP contribution in [0.15, 0.2) is 0 Å². The summed E-state index contributed by atoms with van der Waals surface area (Å²) in [5.41, 5.74) is 0. The van der Waals surface area contributed by atoms with Crippen molar-refractivity contribution in [3.05, 3.63) is 0 Å². The van der Waals surface area contributed by atoms with Crippen LogP contribution in [0.3, 0.4) is 0 Å². The van der Waals surface area contributed by atoms with Gasteiger partial charge in [-0.1, -0.05) is 6.92 Å². The summed E-state index contributed by atoms with van der Waals surface area (Å²) in [5, 5.41) is 2.30. The Kier molecular flexibility index (Phi) is 6.53. The molecular formula is C8H24N4Si. The monoisotopic (exact) mass is 204 g/mol. The molecule has 0 radical (unpaired) electrons. The van der Waals surface area contributed by atoms with Gasteiger partial charge in [-0.3, -0.25) is 0 Å². The molecule has 80 valence electrons. The molecule has 4 nitrogen and oxygen atoms in total. The molecule has 2 N–H and O–H groups in total. The van der Waals surface area contributed by atoms with Crippen LogP contribution in [-0.2, 0) is 0 Å². The lowest BCUT2D eigenvalue weighted by molar-refractivity contribution is 0.0516. The molecule has 0 aliphatic rings. The summed E-state index contributed by atoms with van der Waals surface area (Å²) in [5.74, 6) is 0. The summed E-state index contributed by atoms with van der Waals surface area (Å²) < 4.78 is 2.39. The Hall–Kier alpha value is 0.0569. The van der Waals surface area contributed by atoms with Crippen LogP contribution in [0.2, 0.25) is 0 Å². The minimum absolute atomic E-state index is 0.552. The number of rotatable bonds is 6. The van der Waals surface area contributed by atoms with Gasteiger partial charge in [0.15, 0.2) is 0 Å². The fraction of sp³-hybridized carbons (Fsp3) is 1.00. The predicted octanol–water partition coefficient (Wildman–Crippen LogP) is -0.280. The van der Waals surface area contributed by atoms with Gasteiger partial charge in [0, 0.05) is 19.6 Å². The van der Waals surface area contributed by atoms with Gasteiger partial charge >= 0.3 is 0 Å². The van der Waals surface area contributed by atoms with E-state index in [0.29, 0.717) is 6.04 Å². The Bertz CT molecular complexity index is 125. The first-order chi connectivity index (χ1) is 6.08. The van der Waals surface area contributed by atoms with Crippen molar-refractivity contribution < 1.29 is 0 Å². The second kappa shape index (κ2) is 6.50. The van der Waals surface area contributed by atoms with Gasteiger partial charge in [0.25, 0.3) is 9.28 Å². The second-order valence-corrected chi connectivity index (χ2v) is 5.96. The van der Waals surface area contributed by atoms with E-state index in [4.69, 9.17) is 0 Å². The van der Waals surface area contributed by atoms with Crippen molar-refractivity contribution in [2.24, 2.45) is 0 Å². The third-order valence-electron chi connectivity index (χ3n) is 2.32. The van der Waals surface area contributed by atoms with Crippen LogP contribution < -0.4 is 9.96 Å².